The predicted molar refractivity (Wildman–Crippen MR) is 56.2 cm³/mol. The fraction of sp³-hybridized carbons (Fsp3) is 0.875. The minimum absolute atomic E-state index is 0.350. The highest BCUT2D eigenvalue weighted by atomic mass is 32.2. The number of β-amino-alcohol motifs (C(OH)–C–C–N with tert-alkyl or cyclic N) is 1. The molecule has 0 unspecified atom stereocenters. The second-order valence-corrected chi connectivity index (χ2v) is 5.67. The first-order valence-electron chi connectivity index (χ1n) is 4.80. The molecule has 1 saturated heterocycles. The molecule has 1 heterocycles. The van der Waals surface area contributed by atoms with Gasteiger partial charge in [-0.05, 0) is 0 Å². The van der Waals surface area contributed by atoms with Gasteiger partial charge in [0.15, 0.2) is 5.75 Å². The summed E-state index contributed by atoms with van der Waals surface area (Å²) >= 11 is 0. The lowest BCUT2D eigenvalue weighted by molar-refractivity contribution is -0.137. The van der Waals surface area contributed by atoms with Crippen molar-refractivity contribution in [3.05, 3.63) is 0 Å². The molecule has 0 saturated carbocycles. The van der Waals surface area contributed by atoms with Crippen LogP contribution in [0, 0.1) is 0 Å². The highest BCUT2D eigenvalue weighted by Crippen LogP contribution is 2.12. The first-order chi connectivity index (χ1) is 7.38. The average Bonchev–Trinajstić information content (AvgIpc) is 2.62. The fourth-order valence-electron chi connectivity index (χ4n) is 1.54. The van der Waals surface area contributed by atoms with Gasteiger partial charge < -0.3 is 15.2 Å². The molecule has 0 aromatic heterocycles. The monoisotopic (exact) mass is 252 g/mol. The van der Waals surface area contributed by atoms with Crippen LogP contribution in [0.25, 0.3) is 0 Å². The third-order valence-electron chi connectivity index (χ3n) is 2.58. The number of ether oxygens (including phenoxy) is 1. The molecule has 0 bridgehead atoms. The first kappa shape index (κ1) is 13.4. The molecular formula is C8H16N2O5S. The number of rotatable bonds is 4. The summed E-state index contributed by atoms with van der Waals surface area (Å²) < 4.78 is 28.8. The number of hydrogen-bond acceptors (Lipinski definition) is 6. The lowest BCUT2D eigenvalue weighted by Gasteiger charge is -2.25. The summed E-state index contributed by atoms with van der Waals surface area (Å²) in [6, 6.07) is -0.533. The molecule has 0 spiro atoms. The Kier molecular flexibility index (Phi) is 4.25. The van der Waals surface area contributed by atoms with Crippen LogP contribution in [0.2, 0.25) is 0 Å². The summed E-state index contributed by atoms with van der Waals surface area (Å²) in [5, 5.41) is 12.4. The number of carbonyl (C=O) groups excluding carboxylic acids is 1. The smallest absolute Gasteiger partial charge is 0.322 e. The lowest BCUT2D eigenvalue weighted by atomic mass is 10.2. The number of aliphatic hydroxyl groups excluding tert-OH is 1. The average molecular weight is 252 g/mol. The van der Waals surface area contributed by atoms with E-state index in [9.17, 15) is 18.3 Å². The van der Waals surface area contributed by atoms with E-state index >= 15 is 0 Å². The Morgan fingerprint density at radius 3 is 2.62 bits per heavy atom. The van der Waals surface area contributed by atoms with E-state index in [4.69, 9.17) is 0 Å². The van der Waals surface area contributed by atoms with Crippen LogP contribution < -0.4 is 5.32 Å². The van der Waals surface area contributed by atoms with Crippen molar-refractivity contribution in [2.24, 2.45) is 0 Å². The van der Waals surface area contributed by atoms with Gasteiger partial charge in [-0.1, -0.05) is 0 Å². The van der Waals surface area contributed by atoms with Crippen LogP contribution in [0.1, 0.15) is 0 Å². The van der Waals surface area contributed by atoms with Gasteiger partial charge >= 0.3 is 5.97 Å². The van der Waals surface area contributed by atoms with Crippen molar-refractivity contribution in [3.8, 4) is 0 Å². The third kappa shape index (κ3) is 2.91. The number of hydrogen-bond donors (Lipinski definition) is 2. The van der Waals surface area contributed by atoms with Gasteiger partial charge in [0.25, 0.3) is 0 Å². The van der Waals surface area contributed by atoms with E-state index in [1.807, 2.05) is 0 Å². The Labute approximate surface area is 94.4 Å². The summed E-state index contributed by atoms with van der Waals surface area (Å²) in [6.07, 6.45) is -0.752. The minimum Gasteiger partial charge on any atom is -0.468 e. The van der Waals surface area contributed by atoms with Gasteiger partial charge in [-0.3, -0.25) is 4.79 Å². The SMILES string of the molecule is COC(=O)CS(=O)(=O)N(C)[C@H]1CNC[C@@H]1O. The Hall–Kier alpha value is -0.700. The van der Waals surface area contributed by atoms with Crippen LogP contribution in [-0.2, 0) is 19.6 Å². The molecule has 1 rings (SSSR count). The molecule has 94 valence electrons. The Morgan fingerprint density at radius 2 is 2.19 bits per heavy atom. The highest BCUT2D eigenvalue weighted by Gasteiger charge is 2.35. The Bertz CT molecular complexity index is 355. The molecule has 0 amide bonds. The maximum atomic E-state index is 11.7. The van der Waals surface area contributed by atoms with Crippen LogP contribution >= 0.6 is 0 Å². The molecule has 2 atom stereocenters. The topological polar surface area (TPSA) is 95.9 Å². The number of sulfonamides is 1. The Balaban J connectivity index is 2.71. The van der Waals surface area contributed by atoms with Crippen molar-refractivity contribution in [1.29, 1.82) is 0 Å². The number of nitrogens with one attached hydrogen (secondary N) is 1. The molecule has 0 aromatic carbocycles. The van der Waals surface area contributed by atoms with Gasteiger partial charge in [0.05, 0.1) is 19.3 Å². The molecule has 1 aliphatic rings. The van der Waals surface area contributed by atoms with Crippen LogP contribution in [0.4, 0.5) is 0 Å². The molecule has 2 N–H and O–H groups in total. The van der Waals surface area contributed by atoms with E-state index in [1.165, 1.54) is 7.05 Å². The summed E-state index contributed by atoms with van der Waals surface area (Å²) in [7, 11) is -1.25. The standard InChI is InChI=1S/C8H16N2O5S/c1-10(6-3-9-4-7(6)11)16(13,14)5-8(12)15-2/h6-7,9,11H,3-5H2,1-2H3/t6-,7-/m0/s1. The molecule has 1 fully saturated rings. The number of aliphatic hydroxyl groups is 1. The lowest BCUT2D eigenvalue weighted by Crippen LogP contribution is -2.46. The number of carbonyl (C=O) groups is 1. The minimum atomic E-state index is -3.73. The Morgan fingerprint density at radius 1 is 1.56 bits per heavy atom. The van der Waals surface area contributed by atoms with E-state index < -0.39 is 33.9 Å². The van der Waals surface area contributed by atoms with Gasteiger partial charge in [0.2, 0.25) is 10.0 Å². The van der Waals surface area contributed by atoms with Crippen molar-refractivity contribution in [3.63, 3.8) is 0 Å². The van der Waals surface area contributed by atoms with Crippen molar-refractivity contribution >= 4 is 16.0 Å². The van der Waals surface area contributed by atoms with Crippen molar-refractivity contribution in [2.75, 3.05) is 33.0 Å². The molecule has 0 aliphatic carbocycles. The summed E-state index contributed by atoms with van der Waals surface area (Å²) in [6.45, 7) is 0.723. The summed E-state index contributed by atoms with van der Waals surface area (Å²) in [5.74, 6) is -1.52. The van der Waals surface area contributed by atoms with Crippen LogP contribution in [-0.4, -0.2) is 68.9 Å². The van der Waals surface area contributed by atoms with Gasteiger partial charge in [-0.25, -0.2) is 8.42 Å². The summed E-state index contributed by atoms with van der Waals surface area (Å²) in [5.41, 5.74) is 0. The third-order valence-corrected chi connectivity index (χ3v) is 4.33. The van der Waals surface area contributed by atoms with E-state index in [1.54, 1.807) is 0 Å². The van der Waals surface area contributed by atoms with E-state index in [-0.39, 0.29) is 0 Å². The molecule has 1 aliphatic heterocycles. The quantitative estimate of drug-likeness (QED) is 0.549. The van der Waals surface area contributed by atoms with E-state index in [0.29, 0.717) is 13.1 Å². The predicted octanol–water partition coefficient (Wildman–Crippen LogP) is -2.25. The second kappa shape index (κ2) is 5.09. The van der Waals surface area contributed by atoms with Gasteiger partial charge in [0, 0.05) is 20.1 Å². The second-order valence-electron chi connectivity index (χ2n) is 3.64. The first-order valence-corrected chi connectivity index (χ1v) is 6.40. The molecule has 7 nitrogen and oxygen atoms in total. The van der Waals surface area contributed by atoms with E-state index in [0.717, 1.165) is 11.4 Å². The highest BCUT2D eigenvalue weighted by molar-refractivity contribution is 7.89. The van der Waals surface area contributed by atoms with Gasteiger partial charge in [-0.15, -0.1) is 0 Å². The van der Waals surface area contributed by atoms with Crippen LogP contribution in [0.3, 0.4) is 0 Å². The van der Waals surface area contributed by atoms with E-state index in [2.05, 4.69) is 10.1 Å². The summed E-state index contributed by atoms with van der Waals surface area (Å²) in [4.78, 5) is 10.9. The molecule has 0 radical (unpaired) electrons. The molecular weight excluding hydrogens is 236 g/mol. The van der Waals surface area contributed by atoms with Gasteiger partial charge in [-0.2, -0.15) is 4.31 Å². The number of likely N-dealkylation sites (N-methyl/N-ethyl adjacent to an activating group) is 1. The maximum absolute atomic E-state index is 11.7. The maximum Gasteiger partial charge on any atom is 0.322 e. The normalized spacial score (nSPS) is 26.0. The zero-order valence-electron chi connectivity index (χ0n) is 9.21. The van der Waals surface area contributed by atoms with Crippen LogP contribution in [0.5, 0.6) is 0 Å². The zero-order valence-corrected chi connectivity index (χ0v) is 10.0. The zero-order chi connectivity index (χ0) is 12.3. The van der Waals surface area contributed by atoms with Crippen molar-refractivity contribution in [1.82, 2.24) is 9.62 Å². The molecule has 16 heavy (non-hydrogen) atoms. The molecule has 8 heteroatoms. The number of methoxy groups -OCH3 is 1. The van der Waals surface area contributed by atoms with Crippen LogP contribution in [0.15, 0.2) is 0 Å². The number of nitrogens with zero attached hydrogens (tertiary/aromatic N) is 1. The largest absolute Gasteiger partial charge is 0.468 e. The van der Waals surface area contributed by atoms with Crippen molar-refractivity contribution in [2.45, 2.75) is 12.1 Å². The fourth-order valence-corrected chi connectivity index (χ4v) is 2.78. The van der Waals surface area contributed by atoms with Gasteiger partial charge in [0.1, 0.15) is 0 Å². The number of esters is 1. The molecule has 0 aromatic rings. The van der Waals surface area contributed by atoms with Crippen molar-refractivity contribution < 1.29 is 23.1 Å².